The minimum Gasteiger partial charge on any atom is -0.354 e. The monoisotopic (exact) mass is 257 g/mol. The topological polar surface area (TPSA) is 46.9 Å². The quantitative estimate of drug-likeness (QED) is 0.915. The molecular weight excluding hydrogens is 238 g/mol. The molecule has 0 fully saturated rings. The average Bonchev–Trinajstić information content (AvgIpc) is 2.77. The normalized spacial score (nSPS) is 12.2. The summed E-state index contributed by atoms with van der Waals surface area (Å²) in [5.74, 6) is -0.0261. The average molecular weight is 257 g/mol. The zero-order valence-electron chi connectivity index (χ0n) is 11.6. The molecule has 2 rings (SSSR count). The van der Waals surface area contributed by atoms with Gasteiger partial charge >= 0.3 is 0 Å². The van der Waals surface area contributed by atoms with Crippen LogP contribution in [0.25, 0.3) is 0 Å². The molecule has 0 aliphatic carbocycles. The Kier molecular flexibility index (Phi) is 4.00. The summed E-state index contributed by atoms with van der Waals surface area (Å²) in [6.45, 7) is 4.01. The molecule has 1 atom stereocenters. The van der Waals surface area contributed by atoms with E-state index >= 15 is 0 Å². The number of hydrogen-bond acceptors (Lipinski definition) is 2. The molecule has 0 aliphatic rings. The molecule has 2 aromatic heterocycles. The highest BCUT2D eigenvalue weighted by molar-refractivity contribution is 5.95. The number of aryl methyl sites for hydroxylation is 1. The van der Waals surface area contributed by atoms with Crippen molar-refractivity contribution < 1.29 is 4.79 Å². The van der Waals surface area contributed by atoms with Crippen LogP contribution in [0.3, 0.4) is 0 Å². The second-order valence-electron chi connectivity index (χ2n) is 4.64. The van der Waals surface area contributed by atoms with E-state index in [-0.39, 0.29) is 11.9 Å². The lowest BCUT2D eigenvalue weighted by molar-refractivity contribution is 0.0935. The van der Waals surface area contributed by atoms with Gasteiger partial charge in [0.1, 0.15) is 0 Å². The lowest BCUT2D eigenvalue weighted by Gasteiger charge is -2.17. The van der Waals surface area contributed by atoms with Crippen molar-refractivity contribution in [2.45, 2.75) is 26.3 Å². The molecule has 4 heteroatoms. The first-order valence-corrected chi connectivity index (χ1v) is 6.46. The van der Waals surface area contributed by atoms with Gasteiger partial charge < -0.3 is 9.88 Å². The van der Waals surface area contributed by atoms with Gasteiger partial charge in [-0.1, -0.05) is 6.92 Å². The van der Waals surface area contributed by atoms with Crippen LogP contribution in [0.4, 0.5) is 0 Å². The molecule has 2 aromatic rings. The van der Waals surface area contributed by atoms with E-state index in [0.717, 1.165) is 23.2 Å². The minimum atomic E-state index is -0.0261. The first-order chi connectivity index (χ1) is 9.13. The third kappa shape index (κ3) is 2.84. The summed E-state index contributed by atoms with van der Waals surface area (Å²) in [5, 5.41) is 3.07. The van der Waals surface area contributed by atoms with Crippen molar-refractivity contribution in [3.8, 4) is 0 Å². The van der Waals surface area contributed by atoms with Gasteiger partial charge in [0.2, 0.25) is 0 Å². The van der Waals surface area contributed by atoms with E-state index in [4.69, 9.17) is 0 Å². The van der Waals surface area contributed by atoms with Crippen molar-refractivity contribution in [1.29, 1.82) is 0 Å². The van der Waals surface area contributed by atoms with Gasteiger partial charge in [-0.2, -0.15) is 0 Å². The second kappa shape index (κ2) is 5.69. The van der Waals surface area contributed by atoms with E-state index in [0.29, 0.717) is 0 Å². The Morgan fingerprint density at radius 2 is 2.05 bits per heavy atom. The van der Waals surface area contributed by atoms with Crippen LogP contribution in [-0.2, 0) is 7.05 Å². The molecule has 0 aromatic carbocycles. The lowest BCUT2D eigenvalue weighted by Crippen LogP contribution is -2.28. The van der Waals surface area contributed by atoms with Crippen LogP contribution in [0, 0.1) is 6.92 Å². The fourth-order valence-electron chi connectivity index (χ4n) is 2.10. The van der Waals surface area contributed by atoms with E-state index in [1.807, 2.05) is 42.9 Å². The van der Waals surface area contributed by atoms with E-state index in [1.54, 1.807) is 12.4 Å². The highest BCUT2D eigenvalue weighted by atomic mass is 16.1. The highest BCUT2D eigenvalue weighted by Gasteiger charge is 2.16. The molecule has 19 heavy (non-hydrogen) atoms. The summed E-state index contributed by atoms with van der Waals surface area (Å²) in [5.41, 5.74) is 2.79. The maximum atomic E-state index is 12.3. The number of aromatic nitrogens is 2. The molecule has 100 valence electrons. The molecule has 0 saturated carbocycles. The van der Waals surface area contributed by atoms with Crippen molar-refractivity contribution in [3.05, 3.63) is 53.6 Å². The molecule has 0 bridgehead atoms. The Morgan fingerprint density at radius 1 is 1.37 bits per heavy atom. The standard InChI is InChI=1S/C15H19N3O/c1-4-14(12-5-8-16-9-6-12)17-15(19)13-7-10-18(3)11(13)2/h5-10,14H,4H2,1-3H3,(H,17,19)/t14-/m1/s1. The van der Waals surface area contributed by atoms with Gasteiger partial charge in [-0.15, -0.1) is 0 Å². The molecule has 0 aliphatic heterocycles. The lowest BCUT2D eigenvalue weighted by atomic mass is 10.1. The van der Waals surface area contributed by atoms with E-state index < -0.39 is 0 Å². The third-order valence-corrected chi connectivity index (χ3v) is 3.45. The molecule has 0 unspecified atom stereocenters. The summed E-state index contributed by atoms with van der Waals surface area (Å²) < 4.78 is 1.95. The van der Waals surface area contributed by atoms with Gasteiger partial charge in [0.25, 0.3) is 5.91 Å². The fraction of sp³-hybridized carbons (Fsp3) is 0.333. The predicted octanol–water partition coefficient (Wildman–Crippen LogP) is 2.61. The van der Waals surface area contributed by atoms with Gasteiger partial charge in [0, 0.05) is 31.3 Å². The van der Waals surface area contributed by atoms with Crippen molar-refractivity contribution >= 4 is 5.91 Å². The van der Waals surface area contributed by atoms with Gasteiger partial charge in [-0.05, 0) is 37.1 Å². The summed E-state index contributed by atoms with van der Waals surface area (Å²) >= 11 is 0. The van der Waals surface area contributed by atoms with Crippen molar-refractivity contribution in [3.63, 3.8) is 0 Å². The summed E-state index contributed by atoms with van der Waals surface area (Å²) in [4.78, 5) is 16.3. The van der Waals surface area contributed by atoms with Gasteiger partial charge in [0.05, 0.1) is 11.6 Å². The third-order valence-electron chi connectivity index (χ3n) is 3.45. The maximum Gasteiger partial charge on any atom is 0.253 e. The van der Waals surface area contributed by atoms with Crippen LogP contribution >= 0.6 is 0 Å². The summed E-state index contributed by atoms with van der Waals surface area (Å²) in [7, 11) is 1.94. The van der Waals surface area contributed by atoms with Crippen LogP contribution in [0.1, 0.15) is 41.0 Å². The van der Waals surface area contributed by atoms with Crippen molar-refractivity contribution in [1.82, 2.24) is 14.9 Å². The molecule has 0 spiro atoms. The smallest absolute Gasteiger partial charge is 0.253 e. The van der Waals surface area contributed by atoms with Crippen LogP contribution in [-0.4, -0.2) is 15.5 Å². The number of pyridine rings is 1. The minimum absolute atomic E-state index is 0.0232. The molecule has 1 amide bonds. The Bertz CT molecular complexity index is 560. The van der Waals surface area contributed by atoms with Gasteiger partial charge in [-0.3, -0.25) is 9.78 Å². The second-order valence-corrected chi connectivity index (χ2v) is 4.64. The zero-order valence-corrected chi connectivity index (χ0v) is 11.6. The van der Waals surface area contributed by atoms with Crippen molar-refractivity contribution in [2.24, 2.45) is 7.05 Å². The van der Waals surface area contributed by atoms with Gasteiger partial charge in [0.15, 0.2) is 0 Å². The Labute approximate surface area is 113 Å². The number of amides is 1. The Hall–Kier alpha value is -2.10. The van der Waals surface area contributed by atoms with E-state index in [9.17, 15) is 4.79 Å². The van der Waals surface area contributed by atoms with E-state index in [1.165, 1.54) is 0 Å². The molecular formula is C15H19N3O. The first kappa shape index (κ1) is 13.3. The Morgan fingerprint density at radius 3 is 2.58 bits per heavy atom. The maximum absolute atomic E-state index is 12.3. The fourth-order valence-corrected chi connectivity index (χ4v) is 2.10. The molecule has 2 heterocycles. The number of rotatable bonds is 4. The summed E-state index contributed by atoms with van der Waals surface area (Å²) in [6.07, 6.45) is 6.25. The first-order valence-electron chi connectivity index (χ1n) is 6.46. The Balaban J connectivity index is 2.15. The highest BCUT2D eigenvalue weighted by Crippen LogP contribution is 2.17. The van der Waals surface area contributed by atoms with Crippen LogP contribution in [0.2, 0.25) is 0 Å². The largest absolute Gasteiger partial charge is 0.354 e. The number of carbonyl (C=O) groups is 1. The number of nitrogens with one attached hydrogen (secondary N) is 1. The number of hydrogen-bond donors (Lipinski definition) is 1. The predicted molar refractivity (Wildman–Crippen MR) is 74.9 cm³/mol. The van der Waals surface area contributed by atoms with E-state index in [2.05, 4.69) is 17.2 Å². The summed E-state index contributed by atoms with van der Waals surface area (Å²) in [6, 6.07) is 5.75. The SMILES string of the molecule is CC[C@@H](NC(=O)c1ccn(C)c1C)c1ccncc1. The van der Waals surface area contributed by atoms with Crippen LogP contribution in [0.5, 0.6) is 0 Å². The number of nitrogens with zero attached hydrogens (tertiary/aromatic N) is 2. The number of carbonyl (C=O) groups excluding carboxylic acids is 1. The molecule has 1 N–H and O–H groups in total. The van der Waals surface area contributed by atoms with Crippen LogP contribution < -0.4 is 5.32 Å². The van der Waals surface area contributed by atoms with Crippen molar-refractivity contribution in [2.75, 3.05) is 0 Å². The zero-order chi connectivity index (χ0) is 13.8. The molecule has 0 saturated heterocycles. The van der Waals surface area contributed by atoms with Crippen LogP contribution in [0.15, 0.2) is 36.8 Å². The van der Waals surface area contributed by atoms with Gasteiger partial charge in [-0.25, -0.2) is 0 Å². The molecule has 0 radical (unpaired) electrons. The molecule has 4 nitrogen and oxygen atoms in total.